The van der Waals surface area contributed by atoms with Crippen LogP contribution in [-0.4, -0.2) is 29.1 Å². The molecule has 6 rings (SSSR count). The minimum Gasteiger partial charge on any atom is -0.485 e. The van der Waals surface area contributed by atoms with Crippen LogP contribution in [0.25, 0.3) is 0 Å². The Kier molecular flexibility index (Phi) is 7.18. The summed E-state index contributed by atoms with van der Waals surface area (Å²) in [6.45, 7) is 4.88. The molecule has 7 nitrogen and oxygen atoms in total. The summed E-state index contributed by atoms with van der Waals surface area (Å²) in [6.07, 6.45) is 5.25. The van der Waals surface area contributed by atoms with Gasteiger partial charge in [0.15, 0.2) is 17.2 Å². The van der Waals surface area contributed by atoms with Crippen LogP contribution in [0.15, 0.2) is 91.3 Å². The van der Waals surface area contributed by atoms with Gasteiger partial charge in [-0.25, -0.2) is 0 Å². The lowest BCUT2D eigenvalue weighted by molar-refractivity contribution is -0.127. The highest BCUT2D eigenvalue weighted by molar-refractivity contribution is 5.99. The predicted molar refractivity (Wildman–Crippen MR) is 157 cm³/mol. The van der Waals surface area contributed by atoms with Crippen molar-refractivity contribution in [1.82, 2.24) is 10.3 Å². The van der Waals surface area contributed by atoms with Crippen molar-refractivity contribution in [3.8, 4) is 11.5 Å². The summed E-state index contributed by atoms with van der Waals surface area (Å²) in [7, 11) is 0. The van der Waals surface area contributed by atoms with E-state index in [1.807, 2.05) is 49.4 Å². The van der Waals surface area contributed by atoms with Crippen molar-refractivity contribution < 1.29 is 19.1 Å². The molecular weight excluding hydrogens is 514 g/mol. The first-order chi connectivity index (χ1) is 19.9. The first-order valence-corrected chi connectivity index (χ1v) is 14.0. The molecule has 2 bridgehead atoms. The third-order valence-corrected chi connectivity index (χ3v) is 7.84. The normalized spacial score (nSPS) is 19.2. The lowest BCUT2D eigenvalue weighted by Gasteiger charge is -2.50. The molecule has 41 heavy (non-hydrogen) atoms. The number of benzene rings is 3. The van der Waals surface area contributed by atoms with E-state index in [1.165, 1.54) is 11.1 Å². The Hall–Kier alpha value is -4.65. The number of aromatic nitrogens is 1. The standard InChI is InChI=1S/C34H33N3O4/c1-23-11-13-24(14-12-23)15-17-36-33(39)26-7-3-8-28(18-26)37-31(38)19-27-20-34(37,2)41-32-29(27)9-4-10-30(32)40-22-25-6-5-16-35-21-25/h3-14,16,18,21,27H,15,17,19-20,22H2,1-2H3,(H,36,39). The Labute approximate surface area is 240 Å². The Morgan fingerprint density at radius 1 is 1.07 bits per heavy atom. The minimum absolute atomic E-state index is 0.0164. The number of anilines is 1. The molecule has 2 aliphatic heterocycles. The monoisotopic (exact) mass is 547 g/mol. The van der Waals surface area contributed by atoms with Gasteiger partial charge in [-0.1, -0.05) is 54.1 Å². The van der Waals surface area contributed by atoms with Crippen LogP contribution in [0.4, 0.5) is 5.69 Å². The molecule has 7 heteroatoms. The number of hydrogen-bond acceptors (Lipinski definition) is 5. The van der Waals surface area contributed by atoms with Gasteiger partial charge >= 0.3 is 0 Å². The fourth-order valence-electron chi connectivity index (χ4n) is 5.82. The minimum atomic E-state index is -0.929. The van der Waals surface area contributed by atoms with E-state index >= 15 is 0 Å². The Morgan fingerprint density at radius 2 is 1.90 bits per heavy atom. The number of carbonyl (C=O) groups is 2. The average molecular weight is 548 g/mol. The molecule has 208 valence electrons. The molecule has 1 fully saturated rings. The summed E-state index contributed by atoms with van der Waals surface area (Å²) in [5.41, 5.74) is 4.53. The topological polar surface area (TPSA) is 80.8 Å². The van der Waals surface area contributed by atoms with Crippen molar-refractivity contribution in [3.05, 3.63) is 119 Å². The molecule has 2 unspecified atom stereocenters. The van der Waals surface area contributed by atoms with Crippen molar-refractivity contribution in [2.24, 2.45) is 0 Å². The van der Waals surface area contributed by atoms with Gasteiger partial charge in [0.2, 0.25) is 5.91 Å². The molecule has 1 aromatic heterocycles. The van der Waals surface area contributed by atoms with Gasteiger partial charge in [-0.3, -0.25) is 19.5 Å². The van der Waals surface area contributed by atoms with Gasteiger partial charge in [0.25, 0.3) is 5.91 Å². The fraction of sp³-hybridized carbons (Fsp3) is 0.265. The zero-order chi connectivity index (χ0) is 28.4. The van der Waals surface area contributed by atoms with Crippen LogP contribution < -0.4 is 19.7 Å². The number of amides is 2. The van der Waals surface area contributed by atoms with Crippen LogP contribution >= 0.6 is 0 Å². The number of pyridine rings is 1. The van der Waals surface area contributed by atoms with Crippen LogP contribution in [-0.2, 0) is 17.8 Å². The molecule has 2 atom stereocenters. The van der Waals surface area contributed by atoms with E-state index in [0.29, 0.717) is 48.7 Å². The van der Waals surface area contributed by atoms with Crippen molar-refractivity contribution in [2.75, 3.05) is 11.4 Å². The number of para-hydroxylation sites is 1. The van der Waals surface area contributed by atoms with Gasteiger partial charge in [-0.15, -0.1) is 0 Å². The molecule has 0 radical (unpaired) electrons. The second-order valence-electron chi connectivity index (χ2n) is 11.0. The highest BCUT2D eigenvalue weighted by atomic mass is 16.5. The molecule has 2 amide bonds. The summed E-state index contributed by atoms with van der Waals surface area (Å²) < 4.78 is 12.8. The number of carbonyl (C=O) groups excluding carboxylic acids is 2. The molecule has 2 aliphatic rings. The number of nitrogens with zero attached hydrogens (tertiary/aromatic N) is 2. The molecule has 0 aliphatic carbocycles. The number of rotatable bonds is 8. The maximum absolute atomic E-state index is 13.6. The van der Waals surface area contributed by atoms with Crippen molar-refractivity contribution >= 4 is 17.5 Å². The smallest absolute Gasteiger partial charge is 0.251 e. The number of aryl methyl sites for hydroxylation is 1. The summed E-state index contributed by atoms with van der Waals surface area (Å²) >= 11 is 0. The number of hydrogen-bond donors (Lipinski definition) is 1. The van der Waals surface area contributed by atoms with E-state index < -0.39 is 5.72 Å². The van der Waals surface area contributed by atoms with Crippen LogP contribution in [0.2, 0.25) is 0 Å². The lowest BCUT2D eigenvalue weighted by atomic mass is 9.80. The predicted octanol–water partition coefficient (Wildman–Crippen LogP) is 5.96. The summed E-state index contributed by atoms with van der Waals surface area (Å²) in [6, 6.07) is 25.2. The van der Waals surface area contributed by atoms with Crippen LogP contribution in [0.5, 0.6) is 11.5 Å². The number of piperidine rings is 1. The van der Waals surface area contributed by atoms with Crippen LogP contribution in [0.3, 0.4) is 0 Å². The maximum atomic E-state index is 13.6. The molecule has 4 aromatic rings. The number of nitrogens with one attached hydrogen (secondary N) is 1. The van der Waals surface area contributed by atoms with E-state index in [2.05, 4.69) is 41.5 Å². The highest BCUT2D eigenvalue weighted by Gasteiger charge is 2.50. The highest BCUT2D eigenvalue weighted by Crippen LogP contribution is 2.52. The van der Waals surface area contributed by atoms with Crippen LogP contribution in [0, 0.1) is 6.92 Å². The third-order valence-electron chi connectivity index (χ3n) is 7.84. The van der Waals surface area contributed by atoms with Gasteiger partial charge < -0.3 is 14.8 Å². The Morgan fingerprint density at radius 3 is 2.71 bits per heavy atom. The van der Waals surface area contributed by atoms with Crippen molar-refractivity contribution in [3.63, 3.8) is 0 Å². The first kappa shape index (κ1) is 26.6. The zero-order valence-electron chi connectivity index (χ0n) is 23.3. The fourth-order valence-corrected chi connectivity index (χ4v) is 5.82. The quantitative estimate of drug-likeness (QED) is 0.294. The maximum Gasteiger partial charge on any atom is 0.251 e. The van der Waals surface area contributed by atoms with Gasteiger partial charge in [0, 0.05) is 60.1 Å². The molecule has 0 saturated carbocycles. The summed E-state index contributed by atoms with van der Waals surface area (Å²) in [4.78, 5) is 32.5. The van der Waals surface area contributed by atoms with E-state index in [0.717, 1.165) is 17.5 Å². The summed E-state index contributed by atoms with van der Waals surface area (Å²) in [5.74, 6) is 1.11. The summed E-state index contributed by atoms with van der Waals surface area (Å²) in [5, 5.41) is 3.01. The molecule has 1 saturated heterocycles. The Balaban J connectivity index is 1.20. The second kappa shape index (κ2) is 11.1. The molecular formula is C34H33N3O4. The second-order valence-corrected chi connectivity index (χ2v) is 11.0. The van der Waals surface area contributed by atoms with Crippen molar-refractivity contribution in [1.29, 1.82) is 0 Å². The Bertz CT molecular complexity index is 1570. The average Bonchev–Trinajstić information content (AvgIpc) is 2.97. The number of ether oxygens (including phenoxy) is 2. The molecule has 3 heterocycles. The van der Waals surface area contributed by atoms with Crippen LogP contribution in [0.1, 0.15) is 58.3 Å². The molecule has 1 N–H and O–H groups in total. The molecule has 0 spiro atoms. The van der Waals surface area contributed by atoms with E-state index in [9.17, 15) is 9.59 Å². The van der Waals surface area contributed by atoms with Gasteiger partial charge in [-0.05, 0) is 56.2 Å². The van der Waals surface area contributed by atoms with E-state index in [-0.39, 0.29) is 17.7 Å². The van der Waals surface area contributed by atoms with Crippen molar-refractivity contribution in [2.45, 2.75) is 51.4 Å². The van der Waals surface area contributed by atoms with E-state index in [4.69, 9.17) is 9.47 Å². The number of fused-ring (bicyclic) bond motifs is 4. The van der Waals surface area contributed by atoms with E-state index in [1.54, 1.807) is 29.4 Å². The largest absolute Gasteiger partial charge is 0.485 e. The third kappa shape index (κ3) is 5.53. The van der Waals surface area contributed by atoms with Gasteiger partial charge in [0.05, 0.1) is 0 Å². The first-order valence-electron chi connectivity index (χ1n) is 14.0. The van der Waals surface area contributed by atoms with Gasteiger partial charge in [0.1, 0.15) is 6.61 Å². The lowest BCUT2D eigenvalue weighted by Crippen LogP contribution is -2.60. The zero-order valence-corrected chi connectivity index (χ0v) is 23.3. The van der Waals surface area contributed by atoms with Gasteiger partial charge in [-0.2, -0.15) is 0 Å². The SMILES string of the molecule is Cc1ccc(CCNC(=O)c2cccc(N3C(=O)CC4CC3(C)Oc3c(OCc5cccnc5)cccc34)c2)cc1. The molecule has 3 aromatic carbocycles.